The number of rotatable bonds is 8. The van der Waals surface area contributed by atoms with Crippen LogP contribution in [0.2, 0.25) is 0 Å². The largest absolute Gasteiger partial charge is 1.00 e. The zero-order valence-electron chi connectivity index (χ0n) is 18.7. The van der Waals surface area contributed by atoms with E-state index in [0.717, 1.165) is 53.2 Å². The van der Waals surface area contributed by atoms with Crippen LogP contribution in [-0.4, -0.2) is 27.9 Å². The molecule has 4 rings (SSSR count). The first kappa shape index (κ1) is 23.2. The number of hydrogen-bond donors (Lipinski definition) is 0. The minimum Gasteiger partial charge on any atom is -1.00 e. The summed E-state index contributed by atoms with van der Waals surface area (Å²) < 4.78 is 25.1. The lowest BCUT2D eigenvalue weighted by molar-refractivity contribution is -0.686. The topological polar surface area (TPSA) is 40.8 Å². The molecule has 0 saturated carbocycles. The molecule has 1 aromatic heterocycles. The fraction of sp³-hybridized carbons (Fsp3) is 0.400. The van der Waals surface area contributed by atoms with Gasteiger partial charge in [0.2, 0.25) is 5.69 Å². The zero-order valence-corrected chi connectivity index (χ0v) is 20.3. The van der Waals surface area contributed by atoms with Crippen molar-refractivity contribution in [2.45, 2.75) is 39.2 Å². The average Bonchev–Trinajstić information content (AvgIpc) is 2.79. The summed E-state index contributed by atoms with van der Waals surface area (Å²) in [7, 11) is 5.05. The number of aryl methyl sites for hydroxylation is 2. The SMILES string of the molecule is CCCCCOc1c(OC)ccc2cc3[n+](cc12)CCc1cc(OC)c(OC)cc1-3.[Br-]. The molecule has 1 aliphatic rings. The third kappa shape index (κ3) is 4.45. The third-order valence-corrected chi connectivity index (χ3v) is 5.80. The Morgan fingerprint density at radius 1 is 0.903 bits per heavy atom. The number of methoxy groups -OCH3 is 3. The van der Waals surface area contributed by atoms with Crippen LogP contribution < -0.4 is 40.5 Å². The van der Waals surface area contributed by atoms with E-state index in [9.17, 15) is 0 Å². The molecule has 0 bridgehead atoms. The highest BCUT2D eigenvalue weighted by atomic mass is 79.9. The fourth-order valence-corrected chi connectivity index (χ4v) is 4.17. The summed E-state index contributed by atoms with van der Waals surface area (Å²) in [5, 5.41) is 2.22. The van der Waals surface area contributed by atoms with Crippen molar-refractivity contribution in [3.63, 3.8) is 0 Å². The van der Waals surface area contributed by atoms with Crippen molar-refractivity contribution >= 4 is 10.8 Å². The average molecular weight is 488 g/mol. The number of pyridine rings is 1. The Balaban J connectivity index is 0.00000272. The van der Waals surface area contributed by atoms with E-state index in [-0.39, 0.29) is 17.0 Å². The van der Waals surface area contributed by atoms with Gasteiger partial charge in [-0.2, -0.15) is 4.57 Å². The van der Waals surface area contributed by atoms with Gasteiger partial charge in [-0.1, -0.05) is 19.8 Å². The number of aromatic nitrogens is 1. The number of halogens is 1. The highest BCUT2D eigenvalue weighted by molar-refractivity contribution is 5.91. The molecule has 0 N–H and O–H groups in total. The highest BCUT2D eigenvalue weighted by Gasteiger charge is 2.27. The van der Waals surface area contributed by atoms with Crippen LogP contribution in [0.5, 0.6) is 23.0 Å². The maximum Gasteiger partial charge on any atom is 0.213 e. The van der Waals surface area contributed by atoms with Gasteiger partial charge in [-0.25, -0.2) is 0 Å². The van der Waals surface area contributed by atoms with Gasteiger partial charge in [0, 0.05) is 12.5 Å². The molecule has 0 fully saturated rings. The zero-order chi connectivity index (χ0) is 21.1. The van der Waals surface area contributed by atoms with Gasteiger partial charge in [0.25, 0.3) is 0 Å². The predicted molar refractivity (Wildman–Crippen MR) is 118 cm³/mol. The van der Waals surface area contributed by atoms with Gasteiger partial charge in [0.05, 0.1) is 38.9 Å². The van der Waals surface area contributed by atoms with Crippen molar-refractivity contribution in [3.8, 4) is 34.3 Å². The van der Waals surface area contributed by atoms with Gasteiger partial charge in [-0.3, -0.25) is 0 Å². The van der Waals surface area contributed by atoms with Crippen LogP contribution in [0.3, 0.4) is 0 Å². The summed E-state index contributed by atoms with van der Waals surface area (Å²) in [5.41, 5.74) is 3.63. The Morgan fingerprint density at radius 3 is 2.35 bits per heavy atom. The monoisotopic (exact) mass is 487 g/mol. The van der Waals surface area contributed by atoms with E-state index in [1.807, 2.05) is 6.07 Å². The van der Waals surface area contributed by atoms with Crippen LogP contribution in [0.25, 0.3) is 22.0 Å². The molecule has 0 aliphatic carbocycles. The van der Waals surface area contributed by atoms with Crippen LogP contribution in [0, 0.1) is 0 Å². The summed E-state index contributed by atoms with van der Waals surface area (Å²) in [6.07, 6.45) is 6.52. The van der Waals surface area contributed by atoms with Gasteiger partial charge < -0.3 is 35.9 Å². The van der Waals surface area contributed by atoms with E-state index in [2.05, 4.69) is 42.0 Å². The molecular weight excluding hydrogens is 458 g/mol. The summed E-state index contributed by atoms with van der Waals surface area (Å²) >= 11 is 0. The smallest absolute Gasteiger partial charge is 0.213 e. The Labute approximate surface area is 194 Å². The van der Waals surface area contributed by atoms with Crippen molar-refractivity contribution in [1.82, 2.24) is 0 Å². The van der Waals surface area contributed by atoms with Crippen molar-refractivity contribution < 1.29 is 40.5 Å². The molecule has 6 heteroatoms. The molecule has 0 unspecified atom stereocenters. The molecule has 2 heterocycles. The van der Waals surface area contributed by atoms with Crippen molar-refractivity contribution in [2.24, 2.45) is 0 Å². The lowest BCUT2D eigenvalue weighted by atomic mass is 9.95. The maximum atomic E-state index is 6.20. The van der Waals surface area contributed by atoms with Gasteiger partial charge in [-0.15, -0.1) is 0 Å². The van der Waals surface area contributed by atoms with E-state index in [4.69, 9.17) is 18.9 Å². The van der Waals surface area contributed by atoms with Crippen LogP contribution >= 0.6 is 0 Å². The van der Waals surface area contributed by atoms with Crippen molar-refractivity contribution in [3.05, 3.63) is 42.1 Å². The van der Waals surface area contributed by atoms with E-state index in [1.165, 1.54) is 29.7 Å². The Hall–Kier alpha value is -2.47. The molecular formula is C25H30BrNO4. The molecule has 31 heavy (non-hydrogen) atoms. The maximum absolute atomic E-state index is 6.20. The first-order chi connectivity index (χ1) is 14.7. The third-order valence-electron chi connectivity index (χ3n) is 5.80. The van der Waals surface area contributed by atoms with Crippen LogP contribution in [0.4, 0.5) is 0 Å². The molecule has 0 atom stereocenters. The Bertz CT molecular complexity index is 1070. The number of nitrogens with zero attached hydrogens (tertiary/aromatic N) is 1. The highest BCUT2D eigenvalue weighted by Crippen LogP contribution is 2.40. The van der Waals surface area contributed by atoms with E-state index in [1.54, 1.807) is 21.3 Å². The second kappa shape index (κ2) is 10.2. The van der Waals surface area contributed by atoms with E-state index >= 15 is 0 Å². The molecule has 0 saturated heterocycles. The molecule has 166 valence electrons. The van der Waals surface area contributed by atoms with Crippen molar-refractivity contribution in [2.75, 3.05) is 27.9 Å². The van der Waals surface area contributed by atoms with E-state index in [0.29, 0.717) is 6.61 Å². The normalized spacial score (nSPS) is 11.9. The lowest BCUT2D eigenvalue weighted by Crippen LogP contribution is -3.00. The molecule has 0 amide bonds. The van der Waals surface area contributed by atoms with Gasteiger partial charge >= 0.3 is 0 Å². The number of benzene rings is 2. The quantitative estimate of drug-likeness (QED) is 0.359. The van der Waals surface area contributed by atoms with Gasteiger partial charge in [0.1, 0.15) is 0 Å². The minimum atomic E-state index is 0. The van der Waals surface area contributed by atoms with Gasteiger partial charge in [0.15, 0.2) is 35.7 Å². The van der Waals surface area contributed by atoms with Crippen LogP contribution in [0.15, 0.2) is 36.5 Å². The molecule has 0 radical (unpaired) electrons. The van der Waals surface area contributed by atoms with Crippen molar-refractivity contribution in [1.29, 1.82) is 0 Å². The van der Waals surface area contributed by atoms with E-state index < -0.39 is 0 Å². The molecule has 5 nitrogen and oxygen atoms in total. The summed E-state index contributed by atoms with van der Waals surface area (Å²) in [5.74, 6) is 3.14. The second-order valence-corrected chi connectivity index (χ2v) is 7.62. The molecule has 2 aromatic carbocycles. The first-order valence-corrected chi connectivity index (χ1v) is 10.6. The van der Waals surface area contributed by atoms with Crippen LogP contribution in [-0.2, 0) is 13.0 Å². The second-order valence-electron chi connectivity index (χ2n) is 7.62. The first-order valence-electron chi connectivity index (χ1n) is 10.6. The summed E-state index contributed by atoms with van der Waals surface area (Å²) in [4.78, 5) is 0. The Morgan fingerprint density at radius 2 is 1.65 bits per heavy atom. The predicted octanol–water partition coefficient (Wildman–Crippen LogP) is 1.95. The molecule has 3 aromatic rings. The van der Waals surface area contributed by atoms with Crippen LogP contribution in [0.1, 0.15) is 31.7 Å². The summed E-state index contributed by atoms with van der Waals surface area (Å²) in [6, 6.07) is 10.5. The number of unbranched alkanes of at least 4 members (excludes halogenated alkanes) is 2. The number of fused-ring (bicyclic) bond motifs is 4. The number of hydrogen-bond acceptors (Lipinski definition) is 4. The molecule has 1 aliphatic heterocycles. The standard InChI is InChI=1S/C25H30NO4.BrH/c1-5-6-7-12-30-25-20-16-26-11-10-18-14-23(28-3)24(29-4)15-19(18)21(26)13-17(20)8-9-22(25)27-2;/h8-9,13-16H,5-7,10-12H2,1-4H3;1H/q+1;/p-1. The minimum absolute atomic E-state index is 0. The summed E-state index contributed by atoms with van der Waals surface area (Å²) in [6.45, 7) is 3.80. The Kier molecular flexibility index (Phi) is 7.65. The fourth-order valence-electron chi connectivity index (χ4n) is 4.17. The lowest BCUT2D eigenvalue weighted by Gasteiger charge is -2.19. The number of ether oxygens (including phenoxy) is 4. The molecule has 0 spiro atoms. The van der Waals surface area contributed by atoms with Gasteiger partial charge in [-0.05, 0) is 41.6 Å².